The van der Waals surface area contributed by atoms with Gasteiger partial charge in [-0.05, 0) is 42.5 Å². The van der Waals surface area contributed by atoms with E-state index in [1.54, 1.807) is 0 Å². The SMILES string of the molecule is N#Cc1cc(C(F)(F)F)ccc1C1=CC2CCC(C1)O2. The van der Waals surface area contributed by atoms with E-state index in [1.165, 1.54) is 6.07 Å². The highest BCUT2D eigenvalue weighted by Gasteiger charge is 2.33. The molecule has 0 aliphatic carbocycles. The summed E-state index contributed by atoms with van der Waals surface area (Å²) in [5, 5.41) is 9.11. The fourth-order valence-electron chi connectivity index (χ4n) is 2.84. The molecule has 1 fully saturated rings. The zero-order chi connectivity index (χ0) is 14.3. The highest BCUT2D eigenvalue weighted by atomic mass is 19.4. The molecule has 2 bridgehead atoms. The molecular weight excluding hydrogens is 267 g/mol. The Morgan fingerprint density at radius 3 is 2.70 bits per heavy atom. The maximum atomic E-state index is 12.7. The van der Waals surface area contributed by atoms with Crippen molar-refractivity contribution >= 4 is 5.57 Å². The van der Waals surface area contributed by atoms with Gasteiger partial charge in [0.05, 0.1) is 29.4 Å². The van der Waals surface area contributed by atoms with Gasteiger partial charge in [-0.1, -0.05) is 12.1 Å². The van der Waals surface area contributed by atoms with Gasteiger partial charge in [0.15, 0.2) is 0 Å². The summed E-state index contributed by atoms with van der Waals surface area (Å²) in [5.41, 5.74) is 0.815. The van der Waals surface area contributed by atoms with E-state index in [0.717, 1.165) is 30.5 Å². The Hall–Kier alpha value is -1.80. The van der Waals surface area contributed by atoms with Gasteiger partial charge in [-0.25, -0.2) is 0 Å². The van der Waals surface area contributed by atoms with Crippen LogP contribution in [0.25, 0.3) is 5.57 Å². The fraction of sp³-hybridized carbons (Fsp3) is 0.400. The maximum absolute atomic E-state index is 12.7. The van der Waals surface area contributed by atoms with Gasteiger partial charge in [-0.15, -0.1) is 0 Å². The molecule has 0 N–H and O–H groups in total. The molecule has 0 radical (unpaired) electrons. The number of hydrogen-bond acceptors (Lipinski definition) is 2. The summed E-state index contributed by atoms with van der Waals surface area (Å²) >= 11 is 0. The number of nitrogens with zero attached hydrogens (tertiary/aromatic N) is 1. The molecule has 5 heteroatoms. The summed E-state index contributed by atoms with van der Waals surface area (Å²) < 4.78 is 43.7. The molecule has 2 unspecified atom stereocenters. The molecule has 2 aliphatic rings. The quantitative estimate of drug-likeness (QED) is 0.780. The van der Waals surface area contributed by atoms with Crippen LogP contribution in [0.5, 0.6) is 0 Å². The van der Waals surface area contributed by atoms with Gasteiger partial charge in [-0.3, -0.25) is 0 Å². The van der Waals surface area contributed by atoms with Gasteiger partial charge in [0.2, 0.25) is 0 Å². The van der Waals surface area contributed by atoms with E-state index in [9.17, 15) is 13.2 Å². The van der Waals surface area contributed by atoms with Gasteiger partial charge >= 0.3 is 6.18 Å². The lowest BCUT2D eigenvalue weighted by Crippen LogP contribution is -2.16. The molecule has 1 saturated heterocycles. The molecule has 2 aliphatic heterocycles. The summed E-state index contributed by atoms with van der Waals surface area (Å²) in [6.45, 7) is 0. The summed E-state index contributed by atoms with van der Waals surface area (Å²) in [5.74, 6) is 0. The second kappa shape index (κ2) is 4.64. The topological polar surface area (TPSA) is 33.0 Å². The smallest absolute Gasteiger partial charge is 0.371 e. The average molecular weight is 279 g/mol. The van der Waals surface area contributed by atoms with E-state index >= 15 is 0 Å². The van der Waals surface area contributed by atoms with E-state index in [1.807, 2.05) is 12.1 Å². The van der Waals surface area contributed by atoms with Crippen LogP contribution in [0.4, 0.5) is 13.2 Å². The summed E-state index contributed by atoms with van der Waals surface area (Å²) in [6, 6.07) is 5.23. The molecule has 2 nitrogen and oxygen atoms in total. The Morgan fingerprint density at radius 1 is 1.25 bits per heavy atom. The zero-order valence-electron chi connectivity index (χ0n) is 10.6. The van der Waals surface area contributed by atoms with Crippen LogP contribution in [-0.2, 0) is 10.9 Å². The number of nitriles is 1. The van der Waals surface area contributed by atoms with Gasteiger partial charge in [0, 0.05) is 0 Å². The molecule has 2 atom stereocenters. The predicted octanol–water partition coefficient (Wildman–Crippen LogP) is 3.91. The number of alkyl halides is 3. The van der Waals surface area contributed by atoms with Crippen LogP contribution < -0.4 is 0 Å². The Labute approximate surface area is 114 Å². The first-order valence-corrected chi connectivity index (χ1v) is 6.45. The molecule has 1 aromatic rings. The largest absolute Gasteiger partial charge is 0.416 e. The number of hydrogen-bond donors (Lipinski definition) is 0. The molecular formula is C15H12F3NO. The van der Waals surface area contributed by atoms with Crippen LogP contribution in [0.2, 0.25) is 0 Å². The maximum Gasteiger partial charge on any atom is 0.416 e. The van der Waals surface area contributed by atoms with Gasteiger partial charge < -0.3 is 4.74 Å². The third-order valence-electron chi connectivity index (χ3n) is 3.79. The summed E-state index contributed by atoms with van der Waals surface area (Å²) in [7, 11) is 0. The molecule has 0 aromatic heterocycles. The minimum atomic E-state index is -4.42. The molecule has 1 aromatic carbocycles. The number of fused-ring (bicyclic) bond motifs is 2. The fourth-order valence-corrected chi connectivity index (χ4v) is 2.84. The predicted molar refractivity (Wildman–Crippen MR) is 66.6 cm³/mol. The van der Waals surface area contributed by atoms with Crippen molar-refractivity contribution in [2.24, 2.45) is 0 Å². The van der Waals surface area contributed by atoms with Crippen LogP contribution in [0.15, 0.2) is 24.3 Å². The molecule has 3 rings (SSSR count). The van der Waals surface area contributed by atoms with E-state index < -0.39 is 11.7 Å². The standard InChI is InChI=1S/C15H12F3NO/c16-15(17,18)11-1-4-14(10(5-11)8-19)9-6-12-2-3-13(7-9)20-12/h1,4-6,12-13H,2-3,7H2. The van der Waals surface area contributed by atoms with Crippen LogP contribution in [0.1, 0.15) is 36.0 Å². The van der Waals surface area contributed by atoms with Crippen molar-refractivity contribution in [2.75, 3.05) is 0 Å². The normalized spacial score (nSPS) is 25.2. The van der Waals surface area contributed by atoms with Crippen molar-refractivity contribution in [2.45, 2.75) is 37.6 Å². The lowest BCUT2D eigenvalue weighted by molar-refractivity contribution is -0.137. The van der Waals surface area contributed by atoms with Crippen LogP contribution in [0.3, 0.4) is 0 Å². The van der Waals surface area contributed by atoms with Gasteiger partial charge in [-0.2, -0.15) is 18.4 Å². The molecule has 2 heterocycles. The highest BCUT2D eigenvalue weighted by Crippen LogP contribution is 2.38. The third-order valence-corrected chi connectivity index (χ3v) is 3.79. The van der Waals surface area contributed by atoms with Crippen molar-refractivity contribution < 1.29 is 17.9 Å². The highest BCUT2D eigenvalue weighted by molar-refractivity contribution is 5.72. The van der Waals surface area contributed by atoms with Gasteiger partial charge in [0.25, 0.3) is 0 Å². The van der Waals surface area contributed by atoms with Crippen molar-refractivity contribution in [3.8, 4) is 6.07 Å². The van der Waals surface area contributed by atoms with Crippen molar-refractivity contribution in [1.29, 1.82) is 5.26 Å². The average Bonchev–Trinajstić information content (AvgIpc) is 2.75. The molecule has 20 heavy (non-hydrogen) atoms. The molecule has 0 spiro atoms. The Morgan fingerprint density at radius 2 is 2.05 bits per heavy atom. The van der Waals surface area contributed by atoms with E-state index in [0.29, 0.717) is 12.0 Å². The van der Waals surface area contributed by atoms with Gasteiger partial charge in [0.1, 0.15) is 0 Å². The number of benzene rings is 1. The Balaban J connectivity index is 2.01. The lowest BCUT2D eigenvalue weighted by Gasteiger charge is -2.21. The zero-order valence-corrected chi connectivity index (χ0v) is 10.6. The molecule has 0 amide bonds. The summed E-state index contributed by atoms with van der Waals surface area (Å²) in [4.78, 5) is 0. The van der Waals surface area contributed by atoms with Crippen molar-refractivity contribution in [3.05, 3.63) is 41.0 Å². The Kier molecular flexibility index (Phi) is 3.06. The minimum Gasteiger partial charge on any atom is -0.371 e. The molecule has 104 valence electrons. The number of halogens is 3. The number of rotatable bonds is 1. The monoisotopic (exact) mass is 279 g/mol. The van der Waals surface area contributed by atoms with Crippen LogP contribution >= 0.6 is 0 Å². The summed E-state index contributed by atoms with van der Waals surface area (Å²) in [6.07, 6.45) is 0.257. The first-order valence-electron chi connectivity index (χ1n) is 6.45. The first kappa shape index (κ1) is 13.2. The third kappa shape index (κ3) is 2.32. The van der Waals surface area contributed by atoms with Crippen molar-refractivity contribution in [3.63, 3.8) is 0 Å². The van der Waals surface area contributed by atoms with Crippen LogP contribution in [0, 0.1) is 11.3 Å². The van der Waals surface area contributed by atoms with E-state index in [2.05, 4.69) is 0 Å². The van der Waals surface area contributed by atoms with Crippen molar-refractivity contribution in [1.82, 2.24) is 0 Å². The lowest BCUT2D eigenvalue weighted by atomic mass is 9.93. The second-order valence-electron chi connectivity index (χ2n) is 5.14. The van der Waals surface area contributed by atoms with E-state index in [-0.39, 0.29) is 17.8 Å². The second-order valence-corrected chi connectivity index (χ2v) is 5.14. The Bertz CT molecular complexity index is 613. The first-order chi connectivity index (χ1) is 9.47. The molecule has 0 saturated carbocycles. The van der Waals surface area contributed by atoms with E-state index in [4.69, 9.17) is 10.00 Å². The minimum absolute atomic E-state index is 0.0394. The number of ether oxygens (including phenoxy) is 1. The van der Waals surface area contributed by atoms with Crippen LogP contribution in [-0.4, -0.2) is 12.2 Å².